The van der Waals surface area contributed by atoms with E-state index in [2.05, 4.69) is 15.3 Å². The summed E-state index contributed by atoms with van der Waals surface area (Å²) in [6.07, 6.45) is 1.44. The average molecular weight is 179 g/mol. The molecule has 0 aliphatic carbocycles. The molecule has 0 unspecified atom stereocenters. The Bertz CT molecular complexity index is 433. The Kier molecular flexibility index (Phi) is 1.34. The van der Waals surface area contributed by atoms with Crippen LogP contribution in [0.25, 0.3) is 0 Å². The van der Waals surface area contributed by atoms with Gasteiger partial charge in [-0.15, -0.1) is 0 Å². The Labute approximate surface area is 74.2 Å². The maximum absolute atomic E-state index is 11.4. The van der Waals surface area contributed by atoms with Crippen LogP contribution in [0.1, 0.15) is 19.4 Å². The molecule has 0 radical (unpaired) electrons. The molecular weight excluding hydrogens is 170 g/mol. The monoisotopic (exact) mass is 179 g/mol. The van der Waals surface area contributed by atoms with Crippen molar-refractivity contribution in [3.63, 3.8) is 0 Å². The van der Waals surface area contributed by atoms with Crippen molar-refractivity contribution in [1.29, 1.82) is 0 Å². The quantitative estimate of drug-likeness (QED) is 0.588. The van der Waals surface area contributed by atoms with Crippen molar-refractivity contribution < 1.29 is 4.79 Å². The third-order valence-corrected chi connectivity index (χ3v) is 2.29. The molecule has 1 amide bonds. The van der Waals surface area contributed by atoms with E-state index in [1.165, 1.54) is 6.20 Å². The summed E-state index contributed by atoms with van der Waals surface area (Å²) in [4.78, 5) is 28.3. The number of carbonyl (C=O) groups is 1. The van der Waals surface area contributed by atoms with Gasteiger partial charge in [-0.05, 0) is 13.8 Å². The van der Waals surface area contributed by atoms with Gasteiger partial charge >= 0.3 is 5.69 Å². The Hall–Kier alpha value is -1.65. The van der Waals surface area contributed by atoms with E-state index < -0.39 is 11.1 Å². The number of rotatable bonds is 0. The maximum atomic E-state index is 11.4. The molecule has 0 saturated carbocycles. The molecule has 68 valence electrons. The van der Waals surface area contributed by atoms with E-state index in [0.29, 0.717) is 5.82 Å². The van der Waals surface area contributed by atoms with E-state index in [4.69, 9.17) is 0 Å². The van der Waals surface area contributed by atoms with Gasteiger partial charge in [0.1, 0.15) is 5.82 Å². The van der Waals surface area contributed by atoms with Crippen LogP contribution in [-0.4, -0.2) is 15.9 Å². The predicted octanol–water partition coefficient (Wildman–Crippen LogP) is -0.000400. The van der Waals surface area contributed by atoms with Crippen molar-refractivity contribution in [2.75, 3.05) is 5.32 Å². The number of hydrogen-bond acceptors (Lipinski definition) is 3. The maximum Gasteiger partial charge on any atom is 0.346 e. The minimum Gasteiger partial charge on any atom is -0.311 e. The first-order valence-electron chi connectivity index (χ1n) is 3.93. The summed E-state index contributed by atoms with van der Waals surface area (Å²) in [7, 11) is 0. The molecule has 0 aromatic carbocycles. The number of aromatic amines is 1. The lowest BCUT2D eigenvalue weighted by Gasteiger charge is -2.13. The standard InChI is InChI=1S/C8H9N3O2/c1-8(2)4-3-9-7(13)11-5(4)10-6(8)12/h3H,1-2H3,(H2,9,10,11,12,13). The first-order chi connectivity index (χ1) is 6.01. The molecule has 5 nitrogen and oxygen atoms in total. The minimum atomic E-state index is -0.605. The lowest BCUT2D eigenvalue weighted by molar-refractivity contribution is -0.119. The SMILES string of the molecule is CC1(C)C(=O)Nc2[nH]c(=O)ncc21. The molecule has 0 atom stereocenters. The van der Waals surface area contributed by atoms with Gasteiger partial charge < -0.3 is 5.32 Å². The van der Waals surface area contributed by atoms with E-state index in [1.54, 1.807) is 13.8 Å². The third kappa shape index (κ3) is 0.965. The predicted molar refractivity (Wildman–Crippen MR) is 46.5 cm³/mol. The van der Waals surface area contributed by atoms with Crippen LogP contribution in [0, 0.1) is 0 Å². The molecule has 1 aromatic heterocycles. The van der Waals surface area contributed by atoms with Crippen LogP contribution in [0.2, 0.25) is 0 Å². The summed E-state index contributed by atoms with van der Waals surface area (Å²) in [5.41, 5.74) is -0.319. The van der Waals surface area contributed by atoms with Gasteiger partial charge in [0.05, 0.1) is 5.41 Å². The van der Waals surface area contributed by atoms with Gasteiger partial charge in [0.15, 0.2) is 0 Å². The van der Waals surface area contributed by atoms with Crippen molar-refractivity contribution in [3.8, 4) is 0 Å². The molecule has 2 N–H and O–H groups in total. The number of nitrogens with one attached hydrogen (secondary N) is 2. The number of H-pyrrole nitrogens is 1. The zero-order valence-corrected chi connectivity index (χ0v) is 7.34. The summed E-state index contributed by atoms with van der Waals surface area (Å²) in [6.45, 7) is 3.57. The summed E-state index contributed by atoms with van der Waals surface area (Å²) in [6, 6.07) is 0. The third-order valence-electron chi connectivity index (χ3n) is 2.29. The lowest BCUT2D eigenvalue weighted by Crippen LogP contribution is -2.26. The molecule has 2 rings (SSSR count). The second kappa shape index (κ2) is 2.18. The summed E-state index contributed by atoms with van der Waals surface area (Å²) < 4.78 is 0. The normalized spacial score (nSPS) is 18.2. The topological polar surface area (TPSA) is 74.8 Å². The Morgan fingerprint density at radius 1 is 1.38 bits per heavy atom. The van der Waals surface area contributed by atoms with Gasteiger partial charge in [-0.1, -0.05) is 0 Å². The number of amides is 1. The van der Waals surface area contributed by atoms with Crippen LogP contribution in [0.3, 0.4) is 0 Å². The van der Waals surface area contributed by atoms with E-state index >= 15 is 0 Å². The molecule has 13 heavy (non-hydrogen) atoms. The van der Waals surface area contributed by atoms with Crippen molar-refractivity contribution in [2.45, 2.75) is 19.3 Å². The molecule has 0 bridgehead atoms. The van der Waals surface area contributed by atoms with E-state index in [1.807, 2.05) is 0 Å². The van der Waals surface area contributed by atoms with Gasteiger partial charge in [-0.25, -0.2) is 9.78 Å². The second-order valence-corrected chi connectivity index (χ2v) is 3.56. The van der Waals surface area contributed by atoms with Gasteiger partial charge in [-0.2, -0.15) is 0 Å². The molecule has 0 saturated heterocycles. The van der Waals surface area contributed by atoms with Gasteiger partial charge in [0.2, 0.25) is 5.91 Å². The zero-order chi connectivity index (χ0) is 9.64. The van der Waals surface area contributed by atoms with Crippen LogP contribution in [-0.2, 0) is 10.2 Å². The number of anilines is 1. The fourth-order valence-electron chi connectivity index (χ4n) is 1.36. The number of hydrogen-bond donors (Lipinski definition) is 2. The van der Waals surface area contributed by atoms with Crippen LogP contribution >= 0.6 is 0 Å². The molecular formula is C8H9N3O2. The fourth-order valence-corrected chi connectivity index (χ4v) is 1.36. The summed E-state index contributed by atoms with van der Waals surface area (Å²) in [5, 5.41) is 2.59. The van der Waals surface area contributed by atoms with Crippen LogP contribution in [0.15, 0.2) is 11.0 Å². The average Bonchev–Trinajstić information content (AvgIpc) is 2.23. The van der Waals surface area contributed by atoms with Crippen LogP contribution in [0.5, 0.6) is 0 Å². The Morgan fingerprint density at radius 2 is 2.08 bits per heavy atom. The molecule has 1 aliphatic heterocycles. The van der Waals surface area contributed by atoms with Crippen molar-refractivity contribution in [1.82, 2.24) is 9.97 Å². The number of nitrogens with zero attached hydrogens (tertiary/aromatic N) is 1. The highest BCUT2D eigenvalue weighted by Crippen LogP contribution is 2.33. The highest BCUT2D eigenvalue weighted by Gasteiger charge is 2.39. The smallest absolute Gasteiger partial charge is 0.311 e. The van der Waals surface area contributed by atoms with Crippen LogP contribution in [0.4, 0.5) is 5.82 Å². The molecule has 1 aromatic rings. The molecule has 0 spiro atoms. The molecule has 2 heterocycles. The van der Waals surface area contributed by atoms with E-state index in [0.717, 1.165) is 5.56 Å². The minimum absolute atomic E-state index is 0.119. The fraction of sp³-hybridized carbons (Fsp3) is 0.375. The van der Waals surface area contributed by atoms with E-state index in [9.17, 15) is 9.59 Å². The number of fused-ring (bicyclic) bond motifs is 1. The van der Waals surface area contributed by atoms with Gasteiger partial charge in [0, 0.05) is 11.8 Å². The zero-order valence-electron chi connectivity index (χ0n) is 7.34. The lowest BCUT2D eigenvalue weighted by atomic mass is 9.88. The highest BCUT2D eigenvalue weighted by molar-refractivity contribution is 6.04. The first-order valence-corrected chi connectivity index (χ1v) is 3.93. The van der Waals surface area contributed by atoms with Gasteiger partial charge in [-0.3, -0.25) is 9.78 Å². The summed E-state index contributed by atoms with van der Waals surface area (Å²) >= 11 is 0. The molecule has 1 aliphatic rings. The number of aromatic nitrogens is 2. The van der Waals surface area contributed by atoms with Crippen molar-refractivity contribution >= 4 is 11.7 Å². The van der Waals surface area contributed by atoms with Crippen molar-refractivity contribution in [3.05, 3.63) is 22.2 Å². The summed E-state index contributed by atoms with van der Waals surface area (Å²) in [5.74, 6) is 0.348. The largest absolute Gasteiger partial charge is 0.346 e. The van der Waals surface area contributed by atoms with E-state index in [-0.39, 0.29) is 5.91 Å². The van der Waals surface area contributed by atoms with Crippen molar-refractivity contribution in [2.24, 2.45) is 0 Å². The molecule has 0 fully saturated rings. The Balaban J connectivity index is 2.68. The van der Waals surface area contributed by atoms with Crippen LogP contribution < -0.4 is 11.0 Å². The van der Waals surface area contributed by atoms with Gasteiger partial charge in [0.25, 0.3) is 0 Å². The highest BCUT2D eigenvalue weighted by atomic mass is 16.2. The second-order valence-electron chi connectivity index (χ2n) is 3.56. The molecule has 5 heteroatoms. The number of carbonyl (C=O) groups excluding carboxylic acids is 1. The Morgan fingerprint density at radius 3 is 2.77 bits per heavy atom. The first kappa shape index (κ1) is 7.97.